The van der Waals surface area contributed by atoms with Crippen molar-refractivity contribution in [3.63, 3.8) is 0 Å². The molecule has 2 aliphatic carbocycles. The van der Waals surface area contributed by atoms with E-state index in [0.717, 1.165) is 25.7 Å². The molecule has 0 spiro atoms. The number of rotatable bonds is 16. The van der Waals surface area contributed by atoms with Gasteiger partial charge in [0.2, 0.25) is 11.8 Å². The van der Waals surface area contributed by atoms with E-state index in [9.17, 15) is 28.9 Å². The molecule has 6 rings (SSSR count). The first kappa shape index (κ1) is 44.4. The van der Waals surface area contributed by atoms with Crippen molar-refractivity contribution < 1.29 is 47.7 Å². The highest BCUT2D eigenvalue weighted by Gasteiger charge is 2.67. The number of benzene rings is 1. The molecular weight excluding hydrogens is 800 g/mol. The second-order valence-electron chi connectivity index (χ2n) is 16.9. The topological polar surface area (TPSA) is 211 Å². The van der Waals surface area contributed by atoms with Gasteiger partial charge in [0.05, 0.1) is 37.5 Å². The summed E-state index contributed by atoms with van der Waals surface area (Å²) >= 11 is 1.26. The van der Waals surface area contributed by atoms with Crippen molar-refractivity contribution in [2.45, 2.75) is 116 Å². The van der Waals surface area contributed by atoms with E-state index in [1.165, 1.54) is 16.2 Å². The van der Waals surface area contributed by atoms with Crippen LogP contribution in [0.4, 0.5) is 9.93 Å². The Morgan fingerprint density at radius 3 is 2.49 bits per heavy atom. The number of aliphatic hydroxyl groups excluding tert-OH is 1. The molecular formula is C41H57N6O10PS. The first-order chi connectivity index (χ1) is 27.9. The lowest BCUT2D eigenvalue weighted by Crippen LogP contribution is -2.59. The van der Waals surface area contributed by atoms with E-state index in [4.69, 9.17) is 23.7 Å². The van der Waals surface area contributed by atoms with Crippen molar-refractivity contribution in [2.75, 3.05) is 25.6 Å². The van der Waals surface area contributed by atoms with Crippen molar-refractivity contribution in [1.29, 1.82) is 0 Å². The highest BCUT2D eigenvalue weighted by molar-refractivity contribution is 7.55. The molecule has 7 atom stereocenters. The van der Waals surface area contributed by atoms with Crippen LogP contribution in [0, 0.1) is 17.3 Å². The molecule has 0 radical (unpaired) electrons. The number of nitrogens with one attached hydrogen (secondary N) is 3. The van der Waals surface area contributed by atoms with E-state index in [-0.39, 0.29) is 43.9 Å². The summed E-state index contributed by atoms with van der Waals surface area (Å²) in [6, 6.07) is 5.05. The zero-order valence-electron chi connectivity index (χ0n) is 34.7. The number of nitrogens with zero attached hydrogens (tertiary/aromatic N) is 3. The number of hydrogen-bond donors (Lipinski definition) is 5. The predicted molar refractivity (Wildman–Crippen MR) is 224 cm³/mol. The van der Waals surface area contributed by atoms with Crippen LogP contribution < -0.4 is 25.4 Å². The quantitative estimate of drug-likeness (QED) is 0.0599. The number of pyridine rings is 1. The molecule has 322 valence electrons. The first-order valence-corrected chi connectivity index (χ1v) is 22.6. The smallest absolute Gasteiger partial charge is 0.408 e. The lowest BCUT2D eigenvalue weighted by atomic mass is 9.85. The lowest BCUT2D eigenvalue weighted by molar-refractivity contribution is -0.139. The Morgan fingerprint density at radius 2 is 1.86 bits per heavy atom. The van der Waals surface area contributed by atoms with Gasteiger partial charge in [-0.3, -0.25) is 19.5 Å². The number of anilines is 1. The predicted octanol–water partition coefficient (Wildman–Crippen LogP) is 6.43. The highest BCUT2D eigenvalue weighted by Crippen LogP contribution is 2.70. The zero-order valence-corrected chi connectivity index (χ0v) is 36.4. The Balaban J connectivity index is 1.34. The maximum absolute atomic E-state index is 14.8. The molecule has 3 aromatic rings. The Bertz CT molecular complexity index is 2090. The summed E-state index contributed by atoms with van der Waals surface area (Å²) in [5.74, 6) is -0.380. The second kappa shape index (κ2) is 17.8. The maximum Gasteiger partial charge on any atom is 0.408 e. The van der Waals surface area contributed by atoms with Crippen LogP contribution in [-0.2, 0) is 23.4 Å². The summed E-state index contributed by atoms with van der Waals surface area (Å²) < 4.78 is 36.8. The summed E-state index contributed by atoms with van der Waals surface area (Å²) in [5.41, 5.74) is 0.720. The number of likely N-dealkylation sites (tertiary alicyclic amines) is 1. The molecule has 2 aromatic heterocycles. The number of alkyl carbamates (subject to hydrolysis) is 1. The van der Waals surface area contributed by atoms with Crippen LogP contribution in [0.5, 0.6) is 11.5 Å². The summed E-state index contributed by atoms with van der Waals surface area (Å²) in [4.78, 5) is 62.4. The lowest BCUT2D eigenvalue weighted by Gasteiger charge is -2.38. The first-order valence-electron chi connectivity index (χ1n) is 20.1. The number of carbonyl (C=O) groups is 3. The molecule has 3 heterocycles. The molecule has 3 amide bonds. The fourth-order valence-corrected chi connectivity index (χ4v) is 10.3. The van der Waals surface area contributed by atoms with Crippen LogP contribution in [0.3, 0.4) is 0 Å². The van der Waals surface area contributed by atoms with Gasteiger partial charge in [-0.15, -0.1) is 17.9 Å². The molecule has 1 saturated heterocycles. The van der Waals surface area contributed by atoms with E-state index < -0.39 is 60.6 Å². The number of ether oxygens (including phenoxy) is 3. The summed E-state index contributed by atoms with van der Waals surface area (Å²) in [6.07, 6.45) is 2.12. The van der Waals surface area contributed by atoms with Crippen molar-refractivity contribution in [3.05, 3.63) is 42.3 Å². The largest absolute Gasteiger partial charge is 0.497 e. The van der Waals surface area contributed by atoms with Gasteiger partial charge in [-0.1, -0.05) is 40.7 Å². The molecule has 4 unspecified atom stereocenters. The minimum atomic E-state index is -4.32. The average molecular weight is 857 g/mol. The van der Waals surface area contributed by atoms with E-state index in [2.05, 4.69) is 27.5 Å². The molecule has 2 saturated carbocycles. The summed E-state index contributed by atoms with van der Waals surface area (Å²) in [5, 5.41) is 22.0. The Kier molecular flexibility index (Phi) is 13.4. The third-order valence-corrected chi connectivity index (χ3v) is 14.2. The third-order valence-electron chi connectivity index (χ3n) is 11.2. The number of amides is 3. The molecule has 3 fully saturated rings. The van der Waals surface area contributed by atoms with Crippen LogP contribution in [0.1, 0.15) is 80.1 Å². The van der Waals surface area contributed by atoms with Gasteiger partial charge in [-0.2, -0.15) is 0 Å². The number of fused-ring (bicyclic) bond motifs is 1. The van der Waals surface area contributed by atoms with E-state index in [0.29, 0.717) is 38.9 Å². The summed E-state index contributed by atoms with van der Waals surface area (Å²) in [7, 11) is -2.77. The molecule has 1 aromatic carbocycles. The monoisotopic (exact) mass is 856 g/mol. The SMILES string of the molecule is C=C[C@@H]1C[C@]1(NC(O)C1C[C@@H](Oc2cc(-c3csc(NC(=O)C(C)C)n3)nc3cc(OC)ccc23)CN1C(=O)C(NC(=O)OC1CCCC1)C(C)(C)C)P(=O)(O)OCC. The van der Waals surface area contributed by atoms with Gasteiger partial charge in [0.25, 0.3) is 0 Å². The third kappa shape index (κ3) is 9.76. The molecule has 3 aliphatic rings. The van der Waals surface area contributed by atoms with Crippen molar-refractivity contribution in [1.82, 2.24) is 25.5 Å². The number of methoxy groups -OCH3 is 1. The van der Waals surface area contributed by atoms with Gasteiger partial charge < -0.3 is 44.3 Å². The summed E-state index contributed by atoms with van der Waals surface area (Å²) in [6.45, 7) is 14.5. The molecule has 5 N–H and O–H groups in total. The van der Waals surface area contributed by atoms with Gasteiger partial charge >= 0.3 is 13.7 Å². The molecule has 0 bridgehead atoms. The Labute approximate surface area is 349 Å². The van der Waals surface area contributed by atoms with E-state index >= 15 is 0 Å². The van der Waals surface area contributed by atoms with Crippen LogP contribution in [-0.4, -0.2) is 98.8 Å². The van der Waals surface area contributed by atoms with Gasteiger partial charge in [0.1, 0.15) is 47.0 Å². The van der Waals surface area contributed by atoms with Crippen LogP contribution in [0.2, 0.25) is 0 Å². The van der Waals surface area contributed by atoms with Crippen LogP contribution in [0.25, 0.3) is 22.3 Å². The fourth-order valence-electron chi connectivity index (χ4n) is 7.77. The molecule has 16 nitrogen and oxygen atoms in total. The molecule has 1 aliphatic heterocycles. The van der Waals surface area contributed by atoms with Gasteiger partial charge in [0.15, 0.2) is 5.13 Å². The van der Waals surface area contributed by atoms with Gasteiger partial charge in [0, 0.05) is 41.2 Å². The van der Waals surface area contributed by atoms with E-state index in [1.54, 1.807) is 57.5 Å². The van der Waals surface area contributed by atoms with Gasteiger partial charge in [-0.05, 0) is 56.6 Å². The number of hydrogen-bond acceptors (Lipinski definition) is 13. The zero-order chi connectivity index (χ0) is 42.9. The number of carbonyl (C=O) groups excluding carboxylic acids is 3. The second-order valence-corrected chi connectivity index (χ2v) is 19.8. The van der Waals surface area contributed by atoms with Crippen molar-refractivity contribution in [3.8, 4) is 22.9 Å². The Morgan fingerprint density at radius 1 is 1.14 bits per heavy atom. The van der Waals surface area contributed by atoms with Gasteiger partial charge in [-0.25, -0.2) is 14.8 Å². The van der Waals surface area contributed by atoms with Crippen LogP contribution in [0.15, 0.2) is 42.3 Å². The number of aromatic nitrogens is 2. The average Bonchev–Trinajstić information content (AvgIpc) is 3.58. The Hall–Kier alpha value is -4.12. The maximum atomic E-state index is 14.8. The fraction of sp³-hybridized carbons (Fsp3) is 0.585. The van der Waals surface area contributed by atoms with Crippen molar-refractivity contribution in [2.24, 2.45) is 17.3 Å². The van der Waals surface area contributed by atoms with E-state index in [1.807, 2.05) is 26.8 Å². The minimum absolute atomic E-state index is 0.00824. The normalized spacial score (nSPS) is 24.0. The minimum Gasteiger partial charge on any atom is -0.497 e. The standard InChI is InChI=1S/C41H57N6O10PS/c1-9-24-20-41(24,58(52,53)55-10-2)46-36(49)32-18-27(21-47(32)37(50)34(40(5,6)7)44-39(51)57-25-13-11-12-14-25)56-33-19-30(42-29-17-26(54-8)15-16-28(29)33)31-22-59-38(43-31)45-35(48)23(3)4/h9,15-17,19,22-25,27,32,34,36,46,49H,1,10-14,18,20-21H2,2-8H3,(H,44,51)(H,52,53)(H,43,45,48)/t24-,27-,32?,34?,36?,41+/m1/s1. The number of aliphatic hydroxyl groups is 1. The van der Waals surface area contributed by atoms with Crippen molar-refractivity contribution >= 4 is 52.9 Å². The van der Waals surface area contributed by atoms with Crippen LogP contribution >= 0.6 is 18.9 Å². The highest BCUT2D eigenvalue weighted by atomic mass is 32.1. The molecule has 18 heteroatoms. The number of thiazole rings is 1. The molecule has 59 heavy (non-hydrogen) atoms.